The maximum absolute atomic E-state index is 12.8. The quantitative estimate of drug-likeness (QED) is 0.0769. The van der Waals surface area contributed by atoms with Crippen molar-refractivity contribution in [2.24, 2.45) is 28.1 Å². The molecule has 178 valence electrons. The van der Waals surface area contributed by atoms with Crippen LogP contribution in [0.3, 0.4) is 0 Å². The largest absolute Gasteiger partial charge is 0.480 e. The molecule has 5 atom stereocenters. The molecule has 13 nitrogen and oxygen atoms in total. The van der Waals surface area contributed by atoms with Gasteiger partial charge in [-0.25, -0.2) is 4.79 Å². The normalized spacial score (nSPS) is 15.5. The van der Waals surface area contributed by atoms with Gasteiger partial charge in [0.2, 0.25) is 17.7 Å². The summed E-state index contributed by atoms with van der Waals surface area (Å²) in [6.07, 6.45) is -0.310. The maximum atomic E-state index is 12.8. The number of hydrogen-bond acceptors (Lipinski definition) is 7. The molecular formula is C18H35N7O6. The first-order chi connectivity index (χ1) is 14.4. The van der Waals surface area contributed by atoms with Crippen LogP contribution in [0.1, 0.15) is 40.0 Å². The number of aliphatic hydroxyl groups is 1. The Bertz CT molecular complexity index is 651. The van der Waals surface area contributed by atoms with Crippen molar-refractivity contribution < 1.29 is 29.4 Å². The number of carboxylic acid groups (broad SMARTS) is 1. The summed E-state index contributed by atoms with van der Waals surface area (Å²) in [5.41, 5.74) is 15.8. The Balaban J connectivity index is 5.42. The Kier molecular flexibility index (Phi) is 12.8. The van der Waals surface area contributed by atoms with Crippen LogP contribution in [0.15, 0.2) is 4.99 Å². The third-order valence-electron chi connectivity index (χ3n) is 4.62. The van der Waals surface area contributed by atoms with Gasteiger partial charge in [0.25, 0.3) is 0 Å². The average molecular weight is 446 g/mol. The van der Waals surface area contributed by atoms with E-state index in [-0.39, 0.29) is 31.4 Å². The van der Waals surface area contributed by atoms with E-state index in [9.17, 15) is 29.4 Å². The third-order valence-corrected chi connectivity index (χ3v) is 4.62. The molecule has 0 aliphatic rings. The molecule has 13 heteroatoms. The molecule has 0 aromatic rings. The number of hydrogen-bond donors (Lipinski definition) is 8. The van der Waals surface area contributed by atoms with Crippen LogP contribution in [0.5, 0.6) is 0 Å². The van der Waals surface area contributed by atoms with Gasteiger partial charge in [-0.2, -0.15) is 0 Å². The summed E-state index contributed by atoms with van der Waals surface area (Å²) >= 11 is 0. The van der Waals surface area contributed by atoms with E-state index < -0.39 is 47.9 Å². The van der Waals surface area contributed by atoms with Crippen LogP contribution in [0.4, 0.5) is 0 Å². The molecule has 0 rings (SSSR count). The molecule has 3 amide bonds. The second kappa shape index (κ2) is 14.1. The second-order valence-corrected chi connectivity index (χ2v) is 7.21. The topological polar surface area (TPSA) is 235 Å². The zero-order valence-corrected chi connectivity index (χ0v) is 18.1. The Morgan fingerprint density at radius 3 is 2.03 bits per heavy atom. The highest BCUT2D eigenvalue weighted by Gasteiger charge is 2.33. The molecule has 0 spiro atoms. The fraction of sp³-hybridized carbons (Fsp3) is 0.722. The number of guanidine groups is 1. The molecule has 0 saturated heterocycles. The molecule has 0 aliphatic carbocycles. The van der Waals surface area contributed by atoms with E-state index in [4.69, 9.17) is 17.2 Å². The first-order valence-corrected chi connectivity index (χ1v) is 10.0. The van der Waals surface area contributed by atoms with Crippen molar-refractivity contribution in [1.82, 2.24) is 16.0 Å². The SMILES string of the molecule is CCC(C)C(NC(=O)C(CCCN=C(N)N)NC(=O)CN)C(=O)NC(C(=O)O)C(C)O. The molecule has 0 aromatic heterocycles. The Morgan fingerprint density at radius 2 is 1.58 bits per heavy atom. The number of amides is 3. The summed E-state index contributed by atoms with van der Waals surface area (Å²) in [4.78, 5) is 52.3. The van der Waals surface area contributed by atoms with Crippen molar-refractivity contribution >= 4 is 29.7 Å². The van der Waals surface area contributed by atoms with E-state index >= 15 is 0 Å². The van der Waals surface area contributed by atoms with E-state index in [0.29, 0.717) is 12.8 Å². The van der Waals surface area contributed by atoms with Gasteiger partial charge in [-0.05, 0) is 25.7 Å². The van der Waals surface area contributed by atoms with Gasteiger partial charge in [-0.3, -0.25) is 19.4 Å². The Hall–Kier alpha value is -2.93. The molecule has 0 aliphatic heterocycles. The lowest BCUT2D eigenvalue weighted by Crippen LogP contribution is -2.59. The molecule has 0 saturated carbocycles. The standard InChI is InChI=1S/C18H35N7O6/c1-4-9(2)13(16(29)25-14(10(3)26)17(30)31)24-15(28)11(23-12(27)8-19)6-5-7-22-18(20)21/h9-11,13-14,26H,4-8,19H2,1-3H3,(H,23,27)(H,24,28)(H,25,29)(H,30,31)(H4,20,21,22). The molecule has 0 radical (unpaired) electrons. The molecule has 5 unspecified atom stereocenters. The van der Waals surface area contributed by atoms with E-state index in [1.54, 1.807) is 13.8 Å². The number of aliphatic imine (C=N–C) groups is 1. The second-order valence-electron chi connectivity index (χ2n) is 7.21. The first kappa shape index (κ1) is 28.1. The van der Waals surface area contributed by atoms with Crippen LogP contribution in [0, 0.1) is 5.92 Å². The predicted molar refractivity (Wildman–Crippen MR) is 114 cm³/mol. The van der Waals surface area contributed by atoms with E-state index in [2.05, 4.69) is 20.9 Å². The Labute approximate surface area is 181 Å². The zero-order valence-electron chi connectivity index (χ0n) is 18.1. The van der Waals surface area contributed by atoms with Crippen LogP contribution in [0.2, 0.25) is 0 Å². The number of nitrogens with zero attached hydrogens (tertiary/aromatic N) is 1. The van der Waals surface area contributed by atoms with Gasteiger partial charge in [-0.15, -0.1) is 0 Å². The Morgan fingerprint density at radius 1 is 1.00 bits per heavy atom. The number of rotatable bonds is 14. The summed E-state index contributed by atoms with van der Waals surface area (Å²) < 4.78 is 0. The highest BCUT2D eigenvalue weighted by Crippen LogP contribution is 2.10. The molecule has 0 aromatic carbocycles. The smallest absolute Gasteiger partial charge is 0.328 e. The van der Waals surface area contributed by atoms with Crippen LogP contribution in [0.25, 0.3) is 0 Å². The van der Waals surface area contributed by atoms with Gasteiger partial charge in [0, 0.05) is 6.54 Å². The molecule has 31 heavy (non-hydrogen) atoms. The van der Waals surface area contributed by atoms with E-state index in [1.807, 2.05) is 0 Å². The lowest BCUT2D eigenvalue weighted by Gasteiger charge is -2.28. The number of nitrogens with one attached hydrogen (secondary N) is 3. The van der Waals surface area contributed by atoms with Gasteiger partial charge in [0.05, 0.1) is 12.6 Å². The first-order valence-electron chi connectivity index (χ1n) is 10.0. The molecule has 0 fully saturated rings. The minimum absolute atomic E-state index is 0.105. The lowest BCUT2D eigenvalue weighted by molar-refractivity contribution is -0.145. The minimum atomic E-state index is -1.54. The fourth-order valence-corrected chi connectivity index (χ4v) is 2.61. The number of aliphatic carboxylic acids is 1. The summed E-state index contributed by atoms with van der Waals surface area (Å²) in [6.45, 7) is 4.62. The predicted octanol–water partition coefficient (Wildman–Crippen LogP) is -3.04. The van der Waals surface area contributed by atoms with Gasteiger partial charge in [0.15, 0.2) is 12.0 Å². The number of aliphatic hydroxyl groups excluding tert-OH is 1. The van der Waals surface area contributed by atoms with Gasteiger partial charge < -0.3 is 43.4 Å². The number of carboxylic acids is 1. The zero-order chi connectivity index (χ0) is 24.1. The van der Waals surface area contributed by atoms with E-state index in [1.165, 1.54) is 6.92 Å². The van der Waals surface area contributed by atoms with Crippen molar-refractivity contribution in [3.63, 3.8) is 0 Å². The van der Waals surface area contributed by atoms with Crippen molar-refractivity contribution in [1.29, 1.82) is 0 Å². The number of nitrogens with two attached hydrogens (primary N) is 3. The monoisotopic (exact) mass is 445 g/mol. The van der Waals surface area contributed by atoms with Gasteiger partial charge in [0.1, 0.15) is 12.1 Å². The van der Waals surface area contributed by atoms with Gasteiger partial charge in [-0.1, -0.05) is 20.3 Å². The van der Waals surface area contributed by atoms with Crippen LogP contribution in [-0.4, -0.2) is 77.2 Å². The molecule has 0 bridgehead atoms. The number of carbonyl (C=O) groups is 4. The van der Waals surface area contributed by atoms with Crippen molar-refractivity contribution in [3.8, 4) is 0 Å². The highest BCUT2D eigenvalue weighted by atomic mass is 16.4. The van der Waals surface area contributed by atoms with Crippen molar-refractivity contribution in [2.45, 2.75) is 64.3 Å². The van der Waals surface area contributed by atoms with Crippen LogP contribution < -0.4 is 33.2 Å². The minimum Gasteiger partial charge on any atom is -0.480 e. The summed E-state index contributed by atoms with van der Waals surface area (Å²) in [5.74, 6) is -3.85. The van der Waals surface area contributed by atoms with E-state index in [0.717, 1.165) is 0 Å². The maximum Gasteiger partial charge on any atom is 0.328 e. The summed E-state index contributed by atoms with van der Waals surface area (Å²) in [5, 5.41) is 26.1. The average Bonchev–Trinajstić information content (AvgIpc) is 2.70. The van der Waals surface area contributed by atoms with Crippen molar-refractivity contribution in [2.75, 3.05) is 13.1 Å². The summed E-state index contributed by atoms with van der Waals surface area (Å²) in [6, 6.07) is -3.63. The lowest BCUT2D eigenvalue weighted by atomic mass is 9.97. The molecule has 0 heterocycles. The van der Waals surface area contributed by atoms with Crippen molar-refractivity contribution in [3.05, 3.63) is 0 Å². The third kappa shape index (κ3) is 10.6. The number of carbonyl (C=O) groups excluding carboxylic acids is 3. The fourth-order valence-electron chi connectivity index (χ4n) is 2.61. The van der Waals surface area contributed by atoms with Crippen LogP contribution in [-0.2, 0) is 19.2 Å². The van der Waals surface area contributed by atoms with Crippen LogP contribution >= 0.6 is 0 Å². The molecular weight excluding hydrogens is 410 g/mol. The summed E-state index contributed by atoms with van der Waals surface area (Å²) in [7, 11) is 0. The molecule has 11 N–H and O–H groups in total. The highest BCUT2D eigenvalue weighted by molar-refractivity contribution is 5.93. The van der Waals surface area contributed by atoms with Gasteiger partial charge >= 0.3 is 5.97 Å².